The summed E-state index contributed by atoms with van der Waals surface area (Å²) in [6.07, 6.45) is 0.750. The molecule has 3 aliphatic heterocycles. The first-order valence-electron chi connectivity index (χ1n) is 14.1. The van der Waals surface area contributed by atoms with Gasteiger partial charge in [0, 0.05) is 0 Å². The van der Waals surface area contributed by atoms with Crippen LogP contribution in [0.5, 0.6) is 0 Å². The van der Waals surface area contributed by atoms with E-state index in [0.29, 0.717) is 18.4 Å². The highest BCUT2D eigenvalue weighted by Crippen LogP contribution is 2.65. The number of rotatable bonds is 9. The molecule has 4 heterocycles. The smallest absolute Gasteiger partial charge is 0.312 e. The fourth-order valence-corrected chi connectivity index (χ4v) is 7.38. The summed E-state index contributed by atoms with van der Waals surface area (Å²) in [4.78, 5) is 43.4. The van der Waals surface area contributed by atoms with Crippen LogP contribution in [0.2, 0.25) is 0 Å². The van der Waals surface area contributed by atoms with Crippen molar-refractivity contribution in [1.29, 1.82) is 0 Å². The molecule has 1 aromatic heterocycles. The van der Waals surface area contributed by atoms with Crippen molar-refractivity contribution in [2.24, 2.45) is 17.8 Å². The van der Waals surface area contributed by atoms with Gasteiger partial charge in [-0.15, -0.1) is 5.10 Å². The van der Waals surface area contributed by atoms with E-state index < -0.39 is 47.0 Å². The van der Waals surface area contributed by atoms with Crippen LogP contribution in [0.4, 0.5) is 0 Å². The molecular formula is C30H35N5O6. The summed E-state index contributed by atoms with van der Waals surface area (Å²) in [5, 5.41) is 21.8. The molecule has 1 spiro atoms. The summed E-state index contributed by atoms with van der Waals surface area (Å²) in [5.41, 5.74) is 0.143. The lowest BCUT2D eigenvalue weighted by molar-refractivity contribution is -0.162. The van der Waals surface area contributed by atoms with E-state index in [9.17, 15) is 19.5 Å². The number of hydrogen-bond acceptors (Lipinski definition) is 8. The molecule has 3 fully saturated rings. The number of nitrogens with one attached hydrogen (secondary N) is 1. The second kappa shape index (κ2) is 10.2. The molecule has 6 rings (SSSR count). The SMILES string of the molecule is CCOC(=O)[C@@H]1[C@H]2C(=O)N([C@@H](CO)Cc3ccccc3)C(C(=O)NCn3nnc4ccccc43)C23CC(C)[C@@]1(C)O3. The lowest BCUT2D eigenvalue weighted by atomic mass is 9.62. The Morgan fingerprint density at radius 2 is 1.93 bits per heavy atom. The zero-order valence-corrected chi connectivity index (χ0v) is 23.4. The van der Waals surface area contributed by atoms with E-state index in [2.05, 4.69) is 15.6 Å². The van der Waals surface area contributed by atoms with Gasteiger partial charge in [-0.1, -0.05) is 54.6 Å². The van der Waals surface area contributed by atoms with E-state index in [4.69, 9.17) is 9.47 Å². The van der Waals surface area contributed by atoms with Gasteiger partial charge in [-0.25, -0.2) is 4.68 Å². The van der Waals surface area contributed by atoms with Crippen LogP contribution in [-0.4, -0.2) is 79.3 Å². The average molecular weight is 562 g/mol. The predicted molar refractivity (Wildman–Crippen MR) is 147 cm³/mol. The maximum absolute atomic E-state index is 14.4. The molecule has 2 amide bonds. The van der Waals surface area contributed by atoms with Crippen LogP contribution in [-0.2, 0) is 36.9 Å². The minimum absolute atomic E-state index is 0.0230. The van der Waals surface area contributed by atoms with Crippen molar-refractivity contribution in [1.82, 2.24) is 25.2 Å². The van der Waals surface area contributed by atoms with Gasteiger partial charge in [-0.3, -0.25) is 14.4 Å². The zero-order chi connectivity index (χ0) is 28.9. The first-order chi connectivity index (χ1) is 19.7. The number of aromatic nitrogens is 3. The number of aliphatic hydroxyl groups excluding tert-OH is 1. The van der Waals surface area contributed by atoms with Gasteiger partial charge in [0.2, 0.25) is 11.8 Å². The first kappa shape index (κ1) is 27.3. The summed E-state index contributed by atoms with van der Waals surface area (Å²) < 4.78 is 13.7. The number of likely N-dealkylation sites (tertiary alicyclic amines) is 1. The van der Waals surface area contributed by atoms with Gasteiger partial charge in [0.15, 0.2) is 0 Å². The molecule has 11 nitrogen and oxygen atoms in total. The van der Waals surface area contributed by atoms with Crippen LogP contribution < -0.4 is 5.32 Å². The van der Waals surface area contributed by atoms with E-state index in [-0.39, 0.29) is 31.7 Å². The Hall–Kier alpha value is -3.83. The summed E-state index contributed by atoms with van der Waals surface area (Å²) in [6, 6.07) is 15.1. The van der Waals surface area contributed by atoms with E-state index in [1.54, 1.807) is 11.6 Å². The number of nitrogens with zero attached hydrogens (tertiary/aromatic N) is 4. The largest absolute Gasteiger partial charge is 0.466 e. The number of benzene rings is 2. The number of fused-ring (bicyclic) bond motifs is 2. The highest BCUT2D eigenvalue weighted by atomic mass is 16.6. The Balaban J connectivity index is 1.39. The molecule has 216 valence electrons. The van der Waals surface area contributed by atoms with Crippen molar-refractivity contribution in [3.05, 3.63) is 60.2 Å². The molecule has 11 heteroatoms. The van der Waals surface area contributed by atoms with Gasteiger partial charge in [0.1, 0.15) is 29.7 Å². The van der Waals surface area contributed by atoms with Crippen LogP contribution in [0, 0.1) is 17.8 Å². The normalized spacial score (nSPS) is 30.9. The van der Waals surface area contributed by atoms with Crippen LogP contribution in [0.25, 0.3) is 11.0 Å². The van der Waals surface area contributed by atoms with E-state index in [1.807, 2.05) is 68.4 Å². The second-order valence-corrected chi connectivity index (χ2v) is 11.5. The zero-order valence-electron chi connectivity index (χ0n) is 23.4. The summed E-state index contributed by atoms with van der Waals surface area (Å²) >= 11 is 0. The standard InChI is InChI=1S/C30H35N5O6/c1-4-40-28(39)24-23-27(38)35(20(16-36)14-19-10-6-5-7-11-19)25(30(23)15-18(2)29(24,3)41-30)26(37)31-17-34-22-13-9-8-12-21(22)32-33-34/h5-13,18,20,23-25,36H,4,14-17H2,1-3H3,(H,31,37)/t18?,20-,23+,24+,25?,29-,30?/m1/s1. The predicted octanol–water partition coefficient (Wildman–Crippen LogP) is 1.68. The van der Waals surface area contributed by atoms with Gasteiger partial charge in [0.05, 0.1) is 36.3 Å². The number of ether oxygens (including phenoxy) is 2. The summed E-state index contributed by atoms with van der Waals surface area (Å²) in [6.45, 7) is 5.37. The molecule has 2 bridgehead atoms. The molecule has 3 aliphatic rings. The first-order valence-corrected chi connectivity index (χ1v) is 14.1. The number of esters is 1. The fraction of sp³-hybridized carbons (Fsp3) is 0.500. The molecule has 7 atom stereocenters. The van der Waals surface area contributed by atoms with Gasteiger partial charge in [0.25, 0.3) is 0 Å². The van der Waals surface area contributed by atoms with Crippen molar-refractivity contribution in [2.75, 3.05) is 13.2 Å². The Bertz CT molecular complexity index is 1480. The van der Waals surface area contributed by atoms with E-state index in [1.165, 1.54) is 4.90 Å². The molecule has 2 aromatic carbocycles. The lowest BCUT2D eigenvalue weighted by Crippen LogP contribution is -2.58. The molecule has 0 aliphatic carbocycles. The van der Waals surface area contributed by atoms with E-state index >= 15 is 0 Å². The monoisotopic (exact) mass is 561 g/mol. The maximum atomic E-state index is 14.4. The Labute approximate surface area is 237 Å². The van der Waals surface area contributed by atoms with Gasteiger partial charge < -0.3 is 24.8 Å². The van der Waals surface area contributed by atoms with Crippen LogP contribution >= 0.6 is 0 Å². The van der Waals surface area contributed by atoms with Crippen molar-refractivity contribution >= 4 is 28.8 Å². The molecule has 3 unspecified atom stereocenters. The van der Waals surface area contributed by atoms with Crippen molar-refractivity contribution < 1.29 is 29.0 Å². The van der Waals surface area contributed by atoms with Gasteiger partial charge in [-0.05, 0) is 50.3 Å². The second-order valence-electron chi connectivity index (χ2n) is 11.5. The Kier molecular flexibility index (Phi) is 6.82. The third-order valence-corrected chi connectivity index (χ3v) is 9.28. The topological polar surface area (TPSA) is 136 Å². The third-order valence-electron chi connectivity index (χ3n) is 9.28. The molecule has 2 N–H and O–H groups in total. The summed E-state index contributed by atoms with van der Waals surface area (Å²) in [7, 11) is 0. The number of amides is 2. The molecule has 3 saturated heterocycles. The quantitative estimate of drug-likeness (QED) is 0.377. The highest BCUT2D eigenvalue weighted by Gasteiger charge is 2.80. The molecule has 0 saturated carbocycles. The number of hydrogen-bond donors (Lipinski definition) is 2. The van der Waals surface area contributed by atoms with Gasteiger partial charge in [-0.2, -0.15) is 0 Å². The maximum Gasteiger partial charge on any atom is 0.312 e. The van der Waals surface area contributed by atoms with Crippen molar-refractivity contribution in [3.63, 3.8) is 0 Å². The number of para-hydroxylation sites is 1. The Morgan fingerprint density at radius 1 is 1.20 bits per heavy atom. The number of carbonyl (C=O) groups excluding carboxylic acids is 3. The van der Waals surface area contributed by atoms with Crippen LogP contribution in [0.15, 0.2) is 54.6 Å². The Morgan fingerprint density at radius 3 is 2.66 bits per heavy atom. The minimum atomic E-state index is -1.25. The van der Waals surface area contributed by atoms with Gasteiger partial charge >= 0.3 is 5.97 Å². The molecular weight excluding hydrogens is 526 g/mol. The summed E-state index contributed by atoms with van der Waals surface area (Å²) in [5.74, 6) is -3.20. The number of aliphatic hydroxyl groups is 1. The van der Waals surface area contributed by atoms with Crippen molar-refractivity contribution in [3.8, 4) is 0 Å². The van der Waals surface area contributed by atoms with E-state index in [0.717, 1.165) is 11.1 Å². The number of carbonyl (C=O) groups is 3. The van der Waals surface area contributed by atoms with Crippen LogP contribution in [0.1, 0.15) is 32.8 Å². The fourth-order valence-electron chi connectivity index (χ4n) is 7.38. The van der Waals surface area contributed by atoms with Crippen molar-refractivity contribution in [2.45, 2.75) is 63.6 Å². The molecule has 41 heavy (non-hydrogen) atoms. The molecule has 0 radical (unpaired) electrons. The lowest BCUT2D eigenvalue weighted by Gasteiger charge is -2.37. The minimum Gasteiger partial charge on any atom is -0.466 e. The van der Waals surface area contributed by atoms with Crippen LogP contribution in [0.3, 0.4) is 0 Å². The third kappa shape index (κ3) is 4.13. The highest BCUT2D eigenvalue weighted by molar-refractivity contribution is 5.98. The molecule has 3 aromatic rings. The average Bonchev–Trinajstić information content (AvgIpc) is 3.64.